The predicted octanol–water partition coefficient (Wildman–Crippen LogP) is 2.58. The van der Waals surface area contributed by atoms with Crippen molar-refractivity contribution in [2.75, 3.05) is 13.6 Å². The molecule has 0 unspecified atom stereocenters. The average molecular weight is 370 g/mol. The summed E-state index contributed by atoms with van der Waals surface area (Å²) in [7, 11) is 1.52. The van der Waals surface area contributed by atoms with Crippen LogP contribution in [0.3, 0.4) is 0 Å². The molecule has 0 aliphatic heterocycles. The first-order chi connectivity index (χ1) is 12.8. The lowest BCUT2D eigenvalue weighted by Gasteiger charge is -2.13. The lowest BCUT2D eigenvalue weighted by Crippen LogP contribution is -2.26. The average Bonchev–Trinajstić information content (AvgIpc) is 2.65. The molecular formula is C20H22N2O5. The fourth-order valence-corrected chi connectivity index (χ4v) is 2.35. The molecule has 0 atom stereocenters. The van der Waals surface area contributed by atoms with Crippen molar-refractivity contribution >= 4 is 18.1 Å². The van der Waals surface area contributed by atoms with Gasteiger partial charge < -0.3 is 25.5 Å². The van der Waals surface area contributed by atoms with Crippen molar-refractivity contribution in [2.24, 2.45) is 0 Å². The third-order valence-electron chi connectivity index (χ3n) is 3.95. The minimum atomic E-state index is -0.966. The Hall–Kier alpha value is -3.48. The number of hydrogen-bond donors (Lipinski definition) is 4. The predicted molar refractivity (Wildman–Crippen MR) is 101 cm³/mol. The number of phenols is 2. The molecule has 2 rings (SSSR count). The summed E-state index contributed by atoms with van der Waals surface area (Å²) in [6, 6.07) is 11.9. The Morgan fingerprint density at radius 3 is 2.52 bits per heavy atom. The molecule has 0 fully saturated rings. The van der Waals surface area contributed by atoms with Crippen LogP contribution in [0.15, 0.2) is 48.5 Å². The van der Waals surface area contributed by atoms with Gasteiger partial charge in [0.2, 0.25) is 5.91 Å². The number of amides is 2. The highest BCUT2D eigenvalue weighted by Gasteiger charge is 2.06. The van der Waals surface area contributed by atoms with Crippen LogP contribution < -0.4 is 5.32 Å². The smallest absolute Gasteiger partial charge is 0.407 e. The molecule has 2 aromatic carbocycles. The third-order valence-corrected chi connectivity index (χ3v) is 3.95. The Morgan fingerprint density at radius 1 is 1.07 bits per heavy atom. The zero-order chi connectivity index (χ0) is 19.8. The van der Waals surface area contributed by atoms with Gasteiger partial charge in [-0.05, 0) is 41.3 Å². The van der Waals surface area contributed by atoms with Gasteiger partial charge in [0.05, 0.1) is 0 Å². The number of aromatic hydroxyl groups is 2. The van der Waals surface area contributed by atoms with Crippen molar-refractivity contribution in [1.82, 2.24) is 10.2 Å². The first-order valence-corrected chi connectivity index (χ1v) is 8.35. The maximum atomic E-state index is 11.9. The fraction of sp³-hybridized carbons (Fsp3) is 0.200. The van der Waals surface area contributed by atoms with Crippen molar-refractivity contribution in [3.63, 3.8) is 0 Å². The molecule has 0 saturated heterocycles. The number of likely N-dealkylation sites (N-methyl/N-ethyl adjacent to an activating group) is 1. The highest BCUT2D eigenvalue weighted by molar-refractivity contribution is 5.91. The van der Waals surface area contributed by atoms with Gasteiger partial charge in [0.1, 0.15) is 0 Å². The van der Waals surface area contributed by atoms with Crippen LogP contribution in [0.1, 0.15) is 16.7 Å². The molecule has 4 N–H and O–H groups in total. The molecule has 7 nitrogen and oxygen atoms in total. The van der Waals surface area contributed by atoms with Crippen LogP contribution in [0.5, 0.6) is 11.5 Å². The summed E-state index contributed by atoms with van der Waals surface area (Å²) < 4.78 is 0. The van der Waals surface area contributed by atoms with Crippen molar-refractivity contribution in [3.8, 4) is 11.5 Å². The molecule has 0 radical (unpaired) electrons. The zero-order valence-electron chi connectivity index (χ0n) is 14.9. The van der Waals surface area contributed by atoms with Crippen LogP contribution in [-0.2, 0) is 17.8 Å². The van der Waals surface area contributed by atoms with Gasteiger partial charge in [0.25, 0.3) is 0 Å². The quantitative estimate of drug-likeness (QED) is 0.442. The van der Waals surface area contributed by atoms with Crippen LogP contribution >= 0.6 is 0 Å². The van der Waals surface area contributed by atoms with Crippen molar-refractivity contribution in [2.45, 2.75) is 13.0 Å². The van der Waals surface area contributed by atoms with Crippen LogP contribution in [0.4, 0.5) is 4.79 Å². The Bertz CT molecular complexity index is 848. The second-order valence-electron chi connectivity index (χ2n) is 6.07. The Balaban J connectivity index is 1.87. The normalized spacial score (nSPS) is 10.7. The lowest BCUT2D eigenvalue weighted by atomic mass is 10.1. The molecule has 2 amide bonds. The molecule has 0 aromatic heterocycles. The Morgan fingerprint density at radius 2 is 1.81 bits per heavy atom. The minimum Gasteiger partial charge on any atom is -0.504 e. The highest BCUT2D eigenvalue weighted by Crippen LogP contribution is 2.25. The second-order valence-corrected chi connectivity index (χ2v) is 6.07. The van der Waals surface area contributed by atoms with E-state index in [0.717, 1.165) is 11.1 Å². The Labute approximate surface area is 157 Å². The molecule has 0 heterocycles. The van der Waals surface area contributed by atoms with Gasteiger partial charge >= 0.3 is 6.09 Å². The topological polar surface area (TPSA) is 110 Å². The molecular weight excluding hydrogens is 348 g/mol. The van der Waals surface area contributed by atoms with Crippen LogP contribution in [-0.4, -0.2) is 45.8 Å². The first kappa shape index (κ1) is 19.8. The van der Waals surface area contributed by atoms with Crippen LogP contribution in [0, 0.1) is 0 Å². The molecule has 27 heavy (non-hydrogen) atoms. The molecule has 142 valence electrons. The van der Waals surface area contributed by atoms with E-state index < -0.39 is 6.09 Å². The van der Waals surface area contributed by atoms with Gasteiger partial charge in [0.15, 0.2) is 11.5 Å². The number of carboxylic acid groups (broad SMARTS) is 1. The number of carbonyl (C=O) groups is 2. The van der Waals surface area contributed by atoms with Crippen molar-refractivity contribution < 1.29 is 24.9 Å². The summed E-state index contributed by atoms with van der Waals surface area (Å²) in [5, 5.41) is 30.3. The standard InChI is InChI=1S/C20H22N2O5/c1-22(20(26)27)10-9-14-3-2-4-16(11-14)13-21-19(25)8-6-15-5-7-17(23)18(24)12-15/h2-8,11-12,23-24H,9-10,13H2,1H3,(H,21,25)(H,26,27)/b8-6+. The zero-order valence-corrected chi connectivity index (χ0v) is 14.9. The number of rotatable bonds is 7. The molecule has 0 aliphatic carbocycles. The monoisotopic (exact) mass is 370 g/mol. The third kappa shape index (κ3) is 6.39. The summed E-state index contributed by atoms with van der Waals surface area (Å²) in [5.41, 5.74) is 2.49. The van der Waals surface area contributed by atoms with Gasteiger partial charge in [-0.15, -0.1) is 0 Å². The molecule has 0 bridgehead atoms. The maximum Gasteiger partial charge on any atom is 0.407 e. The molecule has 0 saturated carbocycles. The first-order valence-electron chi connectivity index (χ1n) is 8.35. The van der Waals surface area contributed by atoms with Crippen LogP contribution in [0.2, 0.25) is 0 Å². The van der Waals surface area contributed by atoms with Crippen molar-refractivity contribution in [3.05, 3.63) is 65.2 Å². The number of carbonyl (C=O) groups excluding carboxylic acids is 1. The van der Waals surface area contributed by atoms with E-state index in [0.29, 0.717) is 25.1 Å². The lowest BCUT2D eigenvalue weighted by molar-refractivity contribution is -0.116. The van der Waals surface area contributed by atoms with E-state index in [1.165, 1.54) is 36.2 Å². The minimum absolute atomic E-state index is 0.217. The second kappa shape index (κ2) is 9.28. The van der Waals surface area contributed by atoms with E-state index in [1.54, 1.807) is 6.07 Å². The summed E-state index contributed by atoms with van der Waals surface area (Å²) >= 11 is 0. The van der Waals surface area contributed by atoms with E-state index in [1.807, 2.05) is 24.3 Å². The molecule has 0 aliphatic rings. The highest BCUT2D eigenvalue weighted by atomic mass is 16.4. The van der Waals surface area contributed by atoms with Gasteiger partial charge in [-0.3, -0.25) is 4.79 Å². The van der Waals surface area contributed by atoms with Crippen molar-refractivity contribution in [1.29, 1.82) is 0 Å². The van der Waals surface area contributed by atoms with Gasteiger partial charge in [-0.2, -0.15) is 0 Å². The van der Waals surface area contributed by atoms with E-state index in [-0.39, 0.29) is 17.4 Å². The number of benzene rings is 2. The number of nitrogens with one attached hydrogen (secondary N) is 1. The summed E-state index contributed by atoms with van der Waals surface area (Å²) in [4.78, 5) is 24.0. The van der Waals surface area contributed by atoms with E-state index in [4.69, 9.17) is 5.11 Å². The number of nitrogens with zero attached hydrogens (tertiary/aromatic N) is 1. The van der Waals surface area contributed by atoms with E-state index in [9.17, 15) is 19.8 Å². The number of phenolic OH excluding ortho intramolecular Hbond substituents is 2. The van der Waals surface area contributed by atoms with E-state index >= 15 is 0 Å². The van der Waals surface area contributed by atoms with Crippen LogP contribution in [0.25, 0.3) is 6.08 Å². The molecule has 0 spiro atoms. The number of hydrogen-bond acceptors (Lipinski definition) is 4. The van der Waals surface area contributed by atoms with Gasteiger partial charge in [-0.25, -0.2) is 4.79 Å². The Kier molecular flexibility index (Phi) is 6.82. The maximum absolute atomic E-state index is 11.9. The summed E-state index contributed by atoms with van der Waals surface area (Å²) in [6.45, 7) is 0.736. The summed E-state index contributed by atoms with van der Waals surface area (Å²) in [5.74, 6) is -0.757. The summed E-state index contributed by atoms with van der Waals surface area (Å²) in [6.07, 6.45) is 2.51. The largest absolute Gasteiger partial charge is 0.504 e. The SMILES string of the molecule is CN(CCc1cccc(CNC(=O)/C=C/c2ccc(O)c(O)c2)c1)C(=O)O. The molecule has 2 aromatic rings. The fourth-order valence-electron chi connectivity index (χ4n) is 2.35. The molecule has 7 heteroatoms. The van der Waals surface area contributed by atoms with Gasteiger partial charge in [0, 0.05) is 26.2 Å². The van der Waals surface area contributed by atoms with E-state index in [2.05, 4.69) is 5.32 Å². The van der Waals surface area contributed by atoms with Gasteiger partial charge in [-0.1, -0.05) is 30.3 Å².